The lowest BCUT2D eigenvalue weighted by molar-refractivity contribution is 0.0647. The van der Waals surface area contributed by atoms with Crippen molar-refractivity contribution in [1.29, 1.82) is 0 Å². The lowest BCUT2D eigenvalue weighted by Crippen LogP contribution is -2.32. The van der Waals surface area contributed by atoms with E-state index in [1.165, 1.54) is 28.3 Å². The molecule has 0 bridgehead atoms. The van der Waals surface area contributed by atoms with Gasteiger partial charge in [0.15, 0.2) is 5.82 Å². The molecule has 8 heteroatoms. The number of hydrogen-bond donors (Lipinski definition) is 2. The first kappa shape index (κ1) is 22.6. The number of ether oxygens (including phenoxy) is 1. The molecule has 2 aliphatic rings. The summed E-state index contributed by atoms with van der Waals surface area (Å²) in [4.78, 5) is 9.42. The van der Waals surface area contributed by atoms with Crippen LogP contribution in [0.3, 0.4) is 0 Å². The van der Waals surface area contributed by atoms with Gasteiger partial charge in [0.25, 0.3) is 0 Å². The Labute approximate surface area is 188 Å². The molecule has 0 aliphatic carbocycles. The third kappa shape index (κ3) is 5.26. The quantitative estimate of drug-likeness (QED) is 0.611. The van der Waals surface area contributed by atoms with E-state index in [4.69, 9.17) is 19.2 Å². The molecule has 2 N–H and O–H groups in total. The van der Waals surface area contributed by atoms with Crippen LogP contribution >= 0.6 is 11.5 Å². The predicted molar refractivity (Wildman–Crippen MR) is 123 cm³/mol. The number of para-hydroxylation sites is 1. The van der Waals surface area contributed by atoms with Crippen LogP contribution in [-0.4, -0.2) is 77.1 Å². The molecule has 2 aromatic rings. The van der Waals surface area contributed by atoms with Crippen molar-refractivity contribution in [1.82, 2.24) is 14.3 Å². The molecule has 170 valence electrons. The van der Waals surface area contributed by atoms with Crippen molar-refractivity contribution in [2.24, 2.45) is 5.92 Å². The second-order valence-corrected chi connectivity index (χ2v) is 9.64. The monoisotopic (exact) mass is 446 g/mol. The van der Waals surface area contributed by atoms with Crippen molar-refractivity contribution < 1.29 is 14.9 Å². The smallest absolute Gasteiger partial charge is 0.151 e. The highest BCUT2D eigenvalue weighted by Crippen LogP contribution is 2.42. The zero-order valence-electron chi connectivity index (χ0n) is 18.5. The van der Waals surface area contributed by atoms with Crippen LogP contribution in [0.15, 0.2) is 18.2 Å². The zero-order valence-corrected chi connectivity index (χ0v) is 19.4. The predicted octanol–water partition coefficient (Wildman–Crippen LogP) is 2.26. The van der Waals surface area contributed by atoms with E-state index in [2.05, 4.69) is 30.0 Å². The van der Waals surface area contributed by atoms with Crippen LogP contribution in [0.25, 0.3) is 0 Å². The molecule has 1 saturated heterocycles. The fourth-order valence-electron chi connectivity index (χ4n) is 4.79. The van der Waals surface area contributed by atoms with Gasteiger partial charge in [-0.1, -0.05) is 25.1 Å². The van der Waals surface area contributed by atoms with Gasteiger partial charge in [0.05, 0.1) is 25.2 Å². The van der Waals surface area contributed by atoms with Gasteiger partial charge in [-0.15, -0.1) is 0 Å². The van der Waals surface area contributed by atoms with Gasteiger partial charge in [-0.05, 0) is 54.9 Å². The van der Waals surface area contributed by atoms with E-state index in [0.29, 0.717) is 19.0 Å². The average molecular weight is 447 g/mol. The minimum absolute atomic E-state index is 0.194. The highest BCUT2D eigenvalue weighted by atomic mass is 32.1. The van der Waals surface area contributed by atoms with Crippen LogP contribution in [0.1, 0.15) is 47.6 Å². The van der Waals surface area contributed by atoms with Gasteiger partial charge in [-0.3, -0.25) is 4.90 Å². The third-order valence-electron chi connectivity index (χ3n) is 6.38. The van der Waals surface area contributed by atoms with E-state index in [0.717, 1.165) is 56.4 Å². The number of hydrogen-bond acceptors (Lipinski definition) is 8. The number of anilines is 1. The van der Waals surface area contributed by atoms with Crippen molar-refractivity contribution >= 4 is 17.2 Å². The Morgan fingerprint density at radius 1 is 1.32 bits per heavy atom. The first-order valence-corrected chi connectivity index (χ1v) is 12.1. The molecular weight excluding hydrogens is 412 g/mol. The van der Waals surface area contributed by atoms with Crippen molar-refractivity contribution in [3.05, 3.63) is 40.2 Å². The molecule has 0 amide bonds. The number of aliphatic hydroxyl groups excluding tert-OH is 2. The zero-order chi connectivity index (χ0) is 21.8. The number of benzene rings is 1. The largest absolute Gasteiger partial charge is 0.394 e. The van der Waals surface area contributed by atoms with Gasteiger partial charge in [0, 0.05) is 38.5 Å². The van der Waals surface area contributed by atoms with Gasteiger partial charge >= 0.3 is 0 Å². The first-order valence-electron chi connectivity index (χ1n) is 11.3. The minimum atomic E-state index is -0.731. The summed E-state index contributed by atoms with van der Waals surface area (Å²) >= 11 is 1.44. The summed E-state index contributed by atoms with van der Waals surface area (Å²) in [6.45, 7) is 6.78. The van der Waals surface area contributed by atoms with E-state index in [9.17, 15) is 5.11 Å². The first-order chi connectivity index (χ1) is 15.1. The van der Waals surface area contributed by atoms with E-state index < -0.39 is 6.10 Å². The van der Waals surface area contributed by atoms with Gasteiger partial charge < -0.3 is 19.8 Å². The van der Waals surface area contributed by atoms with Crippen LogP contribution < -0.4 is 4.90 Å². The summed E-state index contributed by atoms with van der Waals surface area (Å²) in [7, 11) is 1.92. The summed E-state index contributed by atoms with van der Waals surface area (Å²) in [5.74, 6) is 1.77. The van der Waals surface area contributed by atoms with Crippen LogP contribution in [0, 0.1) is 5.92 Å². The third-order valence-corrected chi connectivity index (χ3v) is 7.09. The van der Waals surface area contributed by atoms with Crippen LogP contribution in [0.2, 0.25) is 0 Å². The molecular formula is C23H34N4O3S. The molecule has 1 aromatic carbocycles. The summed E-state index contributed by atoms with van der Waals surface area (Å²) in [6.07, 6.45) is 2.56. The lowest BCUT2D eigenvalue weighted by Gasteiger charge is -2.29. The molecule has 2 aliphatic heterocycles. The Kier molecular flexibility index (Phi) is 7.55. The normalized spacial score (nSPS) is 20.4. The van der Waals surface area contributed by atoms with Gasteiger partial charge in [0.1, 0.15) is 5.01 Å². The van der Waals surface area contributed by atoms with Gasteiger partial charge in [0.2, 0.25) is 0 Å². The Morgan fingerprint density at radius 2 is 2.13 bits per heavy atom. The summed E-state index contributed by atoms with van der Waals surface area (Å²) < 4.78 is 10.3. The van der Waals surface area contributed by atoms with E-state index in [1.807, 2.05) is 11.9 Å². The molecule has 0 radical (unpaired) electrons. The van der Waals surface area contributed by atoms with E-state index >= 15 is 0 Å². The maximum atomic E-state index is 9.67. The van der Waals surface area contributed by atoms with E-state index in [-0.39, 0.29) is 12.5 Å². The van der Waals surface area contributed by atoms with Crippen molar-refractivity contribution in [2.75, 3.05) is 51.4 Å². The Morgan fingerprint density at radius 3 is 2.87 bits per heavy atom. The van der Waals surface area contributed by atoms with Crippen molar-refractivity contribution in [3.8, 4) is 0 Å². The van der Waals surface area contributed by atoms with Crippen LogP contribution in [0.5, 0.6) is 0 Å². The van der Waals surface area contributed by atoms with Gasteiger partial charge in [-0.25, -0.2) is 4.98 Å². The average Bonchev–Trinajstić information content (AvgIpc) is 3.39. The number of rotatable bonds is 9. The Balaban J connectivity index is 1.52. The number of nitrogens with zero attached hydrogens (tertiary/aromatic N) is 4. The lowest BCUT2D eigenvalue weighted by atomic mass is 9.97. The Bertz CT molecular complexity index is 855. The second kappa shape index (κ2) is 10.4. The van der Waals surface area contributed by atoms with Crippen LogP contribution in [-0.2, 0) is 17.7 Å². The summed E-state index contributed by atoms with van der Waals surface area (Å²) in [6, 6.07) is 6.66. The second-order valence-electron chi connectivity index (χ2n) is 8.80. The number of likely N-dealkylation sites (N-methyl/N-ethyl adjacent to an activating group) is 1. The number of aromatic nitrogens is 2. The molecule has 1 aromatic heterocycles. The minimum Gasteiger partial charge on any atom is -0.394 e. The Hall–Kier alpha value is -1.58. The van der Waals surface area contributed by atoms with Crippen molar-refractivity contribution in [3.63, 3.8) is 0 Å². The van der Waals surface area contributed by atoms with Crippen LogP contribution in [0.4, 0.5) is 5.69 Å². The van der Waals surface area contributed by atoms with E-state index in [1.54, 1.807) is 0 Å². The van der Waals surface area contributed by atoms with Crippen molar-refractivity contribution in [2.45, 2.75) is 44.8 Å². The summed E-state index contributed by atoms with van der Waals surface area (Å²) in [5.41, 5.74) is 4.14. The molecule has 2 unspecified atom stereocenters. The molecule has 0 saturated carbocycles. The molecule has 4 rings (SSSR count). The van der Waals surface area contributed by atoms with Gasteiger partial charge in [-0.2, -0.15) is 4.37 Å². The number of aryl methyl sites for hydroxylation is 1. The number of fused-ring (bicyclic) bond motifs is 1. The topological polar surface area (TPSA) is 82.0 Å². The number of aliphatic hydroxyl groups is 2. The molecule has 3 heterocycles. The fourth-order valence-corrected chi connectivity index (χ4v) is 5.57. The maximum Gasteiger partial charge on any atom is 0.151 e. The molecule has 7 nitrogen and oxygen atoms in total. The fraction of sp³-hybridized carbons (Fsp3) is 0.652. The molecule has 1 fully saturated rings. The maximum absolute atomic E-state index is 9.67. The highest BCUT2D eigenvalue weighted by Gasteiger charge is 2.35. The molecule has 0 spiro atoms. The molecule has 31 heavy (non-hydrogen) atoms. The summed E-state index contributed by atoms with van der Waals surface area (Å²) in [5, 5.41) is 19.7. The standard InChI is InChI=1S/C23H34N4O3S/c1-3-17-5-4-6-19-20(13-27(22(17)19)11-16-7-9-30-10-8-16)23-24-21(31-25-23)14-26(2)12-18(29)15-28/h4-6,16,18,20,28-29H,3,7-15H2,1-2H3. The molecule has 2 atom stereocenters. The SMILES string of the molecule is CCc1cccc2c1N(CC1CCOCC1)CC2c1nsc(CN(C)CC(O)CO)n1. The highest BCUT2D eigenvalue weighted by molar-refractivity contribution is 7.05.